The highest BCUT2D eigenvalue weighted by Gasteiger charge is 2.25. The van der Waals surface area contributed by atoms with Crippen LogP contribution in [-0.4, -0.2) is 87.4 Å². The van der Waals surface area contributed by atoms with Gasteiger partial charge in [0, 0.05) is 12.8 Å². The largest absolute Gasteiger partial charge is 0.477 e. The summed E-state index contributed by atoms with van der Waals surface area (Å²) < 4.78 is 22.8. The van der Waals surface area contributed by atoms with E-state index in [0.717, 1.165) is 70.6 Å². The minimum absolute atomic E-state index is 0.184. The van der Waals surface area contributed by atoms with Crippen LogP contribution in [0.5, 0.6) is 0 Å². The average molecular weight is 917 g/mol. The summed E-state index contributed by atoms with van der Waals surface area (Å²) in [5.74, 6) is -2.02. The van der Waals surface area contributed by atoms with Crippen LogP contribution in [0.15, 0.2) is 48.6 Å². The fourth-order valence-corrected chi connectivity index (χ4v) is 7.37. The Labute approximate surface area is 400 Å². The Balaban J connectivity index is 4.33. The molecule has 0 saturated carbocycles. The van der Waals surface area contributed by atoms with Gasteiger partial charge in [-0.2, -0.15) is 0 Å². The lowest BCUT2D eigenvalue weighted by Crippen LogP contribution is -2.40. The SMILES string of the molecule is CCCCC/C=C\C/C=C\C/C=C\CCCCCCCCC(=O)OC(COC(=O)CCCCCCCCCCC/C=C\CCCCCCCCCC)COC(OCC[N+](C)(C)C)C(=O)O. The van der Waals surface area contributed by atoms with Crippen LogP contribution in [0.25, 0.3) is 0 Å². The Hall–Kier alpha value is -2.75. The third kappa shape index (κ3) is 49.0. The van der Waals surface area contributed by atoms with Crippen LogP contribution < -0.4 is 0 Å². The number of unbranched alkanes of at least 4 members (excludes halogenated alkanes) is 26. The van der Waals surface area contributed by atoms with Gasteiger partial charge < -0.3 is 28.5 Å². The number of nitrogens with zero attached hydrogens (tertiary/aromatic N) is 1. The standard InChI is InChI=1S/C56H101NO8/c1-6-8-10-12-14-16-18-20-22-24-26-27-29-30-32-34-36-38-40-42-44-46-53(58)63-50-52(51-64-56(55(60)61)62-49-48-57(3,4)5)65-54(59)47-45-43-41-39-37-35-33-31-28-25-23-21-19-17-15-13-11-9-7-2/h15,17,21,23-24,26,28,31,52,56H,6-14,16,18-20,22,25,27,29-30,32-51H2,1-5H3/p+1/b17-15-,23-21-,26-24-,31-28-. The normalized spacial score (nSPS) is 13.2. The van der Waals surface area contributed by atoms with E-state index in [1.165, 1.54) is 128 Å². The maximum absolute atomic E-state index is 12.8. The lowest BCUT2D eigenvalue weighted by molar-refractivity contribution is -0.870. The number of aliphatic carboxylic acids is 1. The van der Waals surface area contributed by atoms with Crippen molar-refractivity contribution in [3.8, 4) is 0 Å². The fourth-order valence-electron chi connectivity index (χ4n) is 7.37. The van der Waals surface area contributed by atoms with Crippen molar-refractivity contribution >= 4 is 17.9 Å². The van der Waals surface area contributed by atoms with E-state index >= 15 is 0 Å². The van der Waals surface area contributed by atoms with Crippen LogP contribution in [0.4, 0.5) is 0 Å². The molecule has 9 heteroatoms. The van der Waals surface area contributed by atoms with Gasteiger partial charge in [0.1, 0.15) is 13.2 Å². The summed E-state index contributed by atoms with van der Waals surface area (Å²) in [6.07, 6.45) is 54.6. The second-order valence-electron chi connectivity index (χ2n) is 19.2. The number of carboxylic acid groups (broad SMARTS) is 1. The molecular weight excluding hydrogens is 815 g/mol. The first-order valence-corrected chi connectivity index (χ1v) is 26.8. The number of likely N-dealkylation sites (N-methyl/N-ethyl adjacent to an activating group) is 1. The van der Waals surface area contributed by atoms with E-state index in [9.17, 15) is 19.5 Å². The van der Waals surface area contributed by atoms with Gasteiger partial charge in [0.2, 0.25) is 0 Å². The van der Waals surface area contributed by atoms with Crippen LogP contribution in [-0.2, 0) is 33.3 Å². The molecule has 0 fully saturated rings. The van der Waals surface area contributed by atoms with Gasteiger partial charge in [-0.25, -0.2) is 4.79 Å². The second kappa shape index (κ2) is 47.7. The predicted octanol–water partition coefficient (Wildman–Crippen LogP) is 15.1. The lowest BCUT2D eigenvalue weighted by atomic mass is 10.1. The fraction of sp³-hybridized carbons (Fsp3) is 0.804. The number of esters is 2. The zero-order valence-corrected chi connectivity index (χ0v) is 42.9. The van der Waals surface area contributed by atoms with E-state index in [4.69, 9.17) is 18.9 Å². The zero-order chi connectivity index (χ0) is 47.7. The number of hydrogen-bond acceptors (Lipinski definition) is 7. The van der Waals surface area contributed by atoms with Crippen LogP contribution in [0.3, 0.4) is 0 Å². The zero-order valence-electron chi connectivity index (χ0n) is 42.9. The van der Waals surface area contributed by atoms with Gasteiger partial charge in [-0.15, -0.1) is 0 Å². The minimum atomic E-state index is -1.51. The molecule has 0 bridgehead atoms. The number of allylic oxidation sites excluding steroid dienone is 8. The van der Waals surface area contributed by atoms with Crippen molar-refractivity contribution in [3.63, 3.8) is 0 Å². The van der Waals surface area contributed by atoms with E-state index in [1.54, 1.807) is 0 Å². The molecule has 0 amide bonds. The van der Waals surface area contributed by atoms with Gasteiger partial charge in [0.25, 0.3) is 6.29 Å². The molecule has 0 heterocycles. The molecule has 0 radical (unpaired) electrons. The summed E-state index contributed by atoms with van der Waals surface area (Å²) in [6.45, 7) is 4.84. The Morgan fingerprint density at radius 2 is 0.831 bits per heavy atom. The smallest absolute Gasteiger partial charge is 0.361 e. The van der Waals surface area contributed by atoms with Crippen molar-refractivity contribution in [2.45, 2.75) is 245 Å². The molecule has 0 aromatic carbocycles. The van der Waals surface area contributed by atoms with Crippen molar-refractivity contribution in [2.75, 3.05) is 47.5 Å². The summed E-state index contributed by atoms with van der Waals surface area (Å²) in [5, 5.41) is 9.68. The summed E-state index contributed by atoms with van der Waals surface area (Å²) in [6, 6.07) is 0. The van der Waals surface area contributed by atoms with Gasteiger partial charge in [0.15, 0.2) is 6.10 Å². The molecule has 0 aromatic rings. The summed E-state index contributed by atoms with van der Waals surface area (Å²) >= 11 is 0. The van der Waals surface area contributed by atoms with Crippen molar-refractivity contribution in [1.82, 2.24) is 0 Å². The van der Waals surface area contributed by atoms with Crippen LogP contribution >= 0.6 is 0 Å². The Morgan fingerprint density at radius 3 is 1.28 bits per heavy atom. The first kappa shape index (κ1) is 62.2. The number of rotatable bonds is 49. The van der Waals surface area contributed by atoms with E-state index in [-0.39, 0.29) is 32.2 Å². The van der Waals surface area contributed by atoms with Gasteiger partial charge in [0.05, 0.1) is 34.4 Å². The van der Waals surface area contributed by atoms with Crippen molar-refractivity contribution in [3.05, 3.63) is 48.6 Å². The van der Waals surface area contributed by atoms with Crippen molar-refractivity contribution in [1.29, 1.82) is 0 Å². The molecule has 0 saturated heterocycles. The van der Waals surface area contributed by atoms with Gasteiger partial charge in [-0.3, -0.25) is 9.59 Å². The number of ether oxygens (including phenoxy) is 4. The third-order valence-corrected chi connectivity index (χ3v) is 11.6. The highest BCUT2D eigenvalue weighted by molar-refractivity contribution is 5.71. The van der Waals surface area contributed by atoms with Crippen LogP contribution in [0, 0.1) is 0 Å². The lowest BCUT2D eigenvalue weighted by Gasteiger charge is -2.25. The maximum Gasteiger partial charge on any atom is 0.361 e. The molecule has 0 aliphatic rings. The first-order chi connectivity index (χ1) is 31.6. The molecule has 1 N–H and O–H groups in total. The van der Waals surface area contributed by atoms with Gasteiger partial charge >= 0.3 is 17.9 Å². The molecule has 378 valence electrons. The number of hydrogen-bond donors (Lipinski definition) is 1. The highest BCUT2D eigenvalue weighted by Crippen LogP contribution is 2.15. The molecule has 2 unspecified atom stereocenters. The Bertz CT molecular complexity index is 1210. The van der Waals surface area contributed by atoms with E-state index in [0.29, 0.717) is 23.9 Å². The molecule has 2 atom stereocenters. The molecule has 0 aliphatic carbocycles. The Morgan fingerprint density at radius 1 is 0.462 bits per heavy atom. The number of carbonyl (C=O) groups excluding carboxylic acids is 2. The molecule has 0 aliphatic heterocycles. The molecule has 0 aromatic heterocycles. The highest BCUT2D eigenvalue weighted by atomic mass is 16.7. The summed E-state index contributed by atoms with van der Waals surface area (Å²) in [5.41, 5.74) is 0. The molecular formula is C56H102NO8+. The summed E-state index contributed by atoms with van der Waals surface area (Å²) in [4.78, 5) is 37.3. The average Bonchev–Trinajstić information content (AvgIpc) is 3.27. The van der Waals surface area contributed by atoms with Gasteiger partial charge in [-0.1, -0.05) is 191 Å². The van der Waals surface area contributed by atoms with Crippen LogP contribution in [0.1, 0.15) is 232 Å². The van der Waals surface area contributed by atoms with E-state index in [2.05, 4.69) is 62.5 Å². The summed E-state index contributed by atoms with van der Waals surface area (Å²) in [7, 11) is 5.96. The first-order valence-electron chi connectivity index (χ1n) is 26.8. The van der Waals surface area contributed by atoms with Crippen LogP contribution in [0.2, 0.25) is 0 Å². The number of carboxylic acids is 1. The molecule has 0 rings (SSSR count). The number of quaternary nitrogens is 1. The third-order valence-electron chi connectivity index (χ3n) is 11.6. The predicted molar refractivity (Wildman–Crippen MR) is 272 cm³/mol. The topological polar surface area (TPSA) is 108 Å². The monoisotopic (exact) mass is 917 g/mol. The van der Waals surface area contributed by atoms with Crippen molar-refractivity contribution in [2.24, 2.45) is 0 Å². The minimum Gasteiger partial charge on any atom is -0.477 e. The molecule has 0 spiro atoms. The van der Waals surface area contributed by atoms with E-state index in [1.807, 2.05) is 21.1 Å². The quantitative estimate of drug-likeness (QED) is 0.0211. The Kier molecular flexibility index (Phi) is 45.7. The molecule has 9 nitrogen and oxygen atoms in total. The van der Waals surface area contributed by atoms with Crippen molar-refractivity contribution < 1.29 is 42.9 Å². The second-order valence-corrected chi connectivity index (χ2v) is 19.2. The number of carbonyl (C=O) groups is 3. The maximum atomic E-state index is 12.8. The van der Waals surface area contributed by atoms with E-state index < -0.39 is 24.3 Å². The van der Waals surface area contributed by atoms with Gasteiger partial charge in [-0.05, 0) is 77.0 Å². The molecule has 65 heavy (non-hydrogen) atoms.